The highest BCUT2D eigenvalue weighted by atomic mass is 16.3. The molecule has 0 saturated heterocycles. The molecule has 0 fully saturated rings. The van der Waals surface area contributed by atoms with Crippen molar-refractivity contribution in [3.8, 4) is 0 Å². The van der Waals surface area contributed by atoms with Gasteiger partial charge in [0.1, 0.15) is 0 Å². The van der Waals surface area contributed by atoms with Crippen LogP contribution in [0.15, 0.2) is 0 Å². The van der Waals surface area contributed by atoms with Gasteiger partial charge in [-0.1, -0.05) is 13.3 Å². The second-order valence-corrected chi connectivity index (χ2v) is 4.67. The number of carbonyl (C=O) groups is 1. The van der Waals surface area contributed by atoms with Crippen molar-refractivity contribution < 1.29 is 9.90 Å². The van der Waals surface area contributed by atoms with Gasteiger partial charge in [0, 0.05) is 12.6 Å². The Labute approximate surface area is 92.4 Å². The zero-order valence-electron chi connectivity index (χ0n) is 10.3. The van der Waals surface area contributed by atoms with E-state index in [0.717, 1.165) is 12.8 Å². The fraction of sp³-hybridized carbons (Fsp3) is 0.909. The van der Waals surface area contributed by atoms with Crippen molar-refractivity contribution in [2.24, 2.45) is 0 Å². The predicted molar refractivity (Wildman–Crippen MR) is 61.7 cm³/mol. The molecule has 0 aromatic carbocycles. The lowest BCUT2D eigenvalue weighted by atomic mass is 10.1. The monoisotopic (exact) mass is 216 g/mol. The van der Waals surface area contributed by atoms with Gasteiger partial charge >= 0.3 is 0 Å². The van der Waals surface area contributed by atoms with Crippen molar-refractivity contribution in [1.29, 1.82) is 0 Å². The molecule has 4 heteroatoms. The molecule has 0 aromatic heterocycles. The molecule has 0 radical (unpaired) electrons. The summed E-state index contributed by atoms with van der Waals surface area (Å²) in [5.41, 5.74) is -0.769. The van der Waals surface area contributed by atoms with Gasteiger partial charge in [-0.25, -0.2) is 0 Å². The number of aliphatic hydroxyl groups is 1. The number of carbonyl (C=O) groups excluding carboxylic acids is 1. The lowest BCUT2D eigenvalue weighted by molar-refractivity contribution is -0.121. The molecule has 0 spiro atoms. The summed E-state index contributed by atoms with van der Waals surface area (Å²) in [5.74, 6) is -0.0137. The van der Waals surface area contributed by atoms with Crippen LogP contribution in [-0.4, -0.2) is 35.7 Å². The van der Waals surface area contributed by atoms with Gasteiger partial charge < -0.3 is 15.7 Å². The average Bonchev–Trinajstić information content (AvgIpc) is 2.01. The zero-order valence-corrected chi connectivity index (χ0v) is 10.3. The van der Waals surface area contributed by atoms with Gasteiger partial charge in [-0.15, -0.1) is 0 Å². The number of nitrogens with one attached hydrogen (secondary N) is 2. The molecule has 90 valence electrons. The second kappa shape index (κ2) is 6.80. The van der Waals surface area contributed by atoms with E-state index in [1.807, 2.05) is 6.92 Å². The van der Waals surface area contributed by atoms with Crippen molar-refractivity contribution in [2.75, 3.05) is 13.1 Å². The minimum atomic E-state index is -0.769. The molecule has 0 rings (SSSR count). The minimum Gasteiger partial charge on any atom is -0.389 e. The van der Waals surface area contributed by atoms with Crippen LogP contribution in [0.2, 0.25) is 0 Å². The first kappa shape index (κ1) is 14.4. The van der Waals surface area contributed by atoms with Gasteiger partial charge in [-0.05, 0) is 27.2 Å². The lowest BCUT2D eigenvalue weighted by Gasteiger charge is -2.18. The van der Waals surface area contributed by atoms with Crippen LogP contribution in [0.5, 0.6) is 0 Å². The summed E-state index contributed by atoms with van der Waals surface area (Å²) in [6.45, 7) is 8.18. The molecule has 0 heterocycles. The maximum absolute atomic E-state index is 11.4. The van der Waals surface area contributed by atoms with Crippen LogP contribution in [0, 0.1) is 0 Å². The third-order valence-corrected chi connectivity index (χ3v) is 1.97. The first-order valence-electron chi connectivity index (χ1n) is 5.57. The maximum Gasteiger partial charge on any atom is 0.234 e. The summed E-state index contributed by atoms with van der Waals surface area (Å²) in [6, 6.07) is 0.228. The molecule has 1 amide bonds. The number of rotatable bonds is 7. The normalized spacial score (nSPS) is 13.7. The Morgan fingerprint density at radius 1 is 1.47 bits per heavy atom. The summed E-state index contributed by atoms with van der Waals surface area (Å²) in [7, 11) is 0. The Bertz CT molecular complexity index is 188. The van der Waals surface area contributed by atoms with E-state index in [0.29, 0.717) is 6.54 Å². The fourth-order valence-electron chi connectivity index (χ4n) is 1.31. The van der Waals surface area contributed by atoms with Crippen LogP contribution < -0.4 is 10.6 Å². The van der Waals surface area contributed by atoms with E-state index < -0.39 is 5.60 Å². The van der Waals surface area contributed by atoms with Gasteiger partial charge in [-0.3, -0.25) is 4.79 Å². The number of hydrogen-bond acceptors (Lipinski definition) is 3. The van der Waals surface area contributed by atoms with Gasteiger partial charge in [-0.2, -0.15) is 0 Å². The third-order valence-electron chi connectivity index (χ3n) is 1.97. The molecule has 0 bridgehead atoms. The number of amides is 1. The standard InChI is InChI=1S/C11H24N2O2/c1-5-6-9(2)13-10(14)7-12-8-11(3,4)15/h9,12,15H,5-8H2,1-4H3,(H,13,14). The van der Waals surface area contributed by atoms with Crippen LogP contribution in [0.25, 0.3) is 0 Å². The van der Waals surface area contributed by atoms with Crippen molar-refractivity contribution in [3.05, 3.63) is 0 Å². The second-order valence-electron chi connectivity index (χ2n) is 4.67. The topological polar surface area (TPSA) is 61.4 Å². The summed E-state index contributed by atoms with van der Waals surface area (Å²) in [6.07, 6.45) is 2.07. The molecule has 0 aliphatic heterocycles. The van der Waals surface area contributed by atoms with Crippen molar-refractivity contribution >= 4 is 5.91 Å². The smallest absolute Gasteiger partial charge is 0.234 e. The van der Waals surface area contributed by atoms with E-state index in [9.17, 15) is 9.90 Å². The summed E-state index contributed by atoms with van der Waals surface area (Å²) in [4.78, 5) is 11.4. The van der Waals surface area contributed by atoms with Crippen LogP contribution in [0.4, 0.5) is 0 Å². The molecule has 0 aliphatic rings. The van der Waals surface area contributed by atoms with Crippen LogP contribution in [-0.2, 0) is 4.79 Å². The average molecular weight is 216 g/mol. The summed E-state index contributed by atoms with van der Waals surface area (Å²) in [5, 5.41) is 15.2. The van der Waals surface area contributed by atoms with E-state index in [4.69, 9.17) is 0 Å². The Kier molecular flexibility index (Phi) is 6.52. The van der Waals surface area contributed by atoms with E-state index in [-0.39, 0.29) is 18.5 Å². The Hall–Kier alpha value is -0.610. The molecule has 3 N–H and O–H groups in total. The summed E-state index contributed by atoms with van der Waals surface area (Å²) < 4.78 is 0. The molecular weight excluding hydrogens is 192 g/mol. The first-order chi connectivity index (χ1) is 6.85. The molecule has 1 unspecified atom stereocenters. The van der Waals surface area contributed by atoms with Gasteiger partial charge in [0.15, 0.2) is 0 Å². The Morgan fingerprint density at radius 3 is 2.53 bits per heavy atom. The van der Waals surface area contributed by atoms with Crippen LogP contribution >= 0.6 is 0 Å². The Balaban J connectivity index is 3.58. The summed E-state index contributed by atoms with van der Waals surface area (Å²) >= 11 is 0. The highest BCUT2D eigenvalue weighted by Crippen LogP contribution is 1.97. The molecule has 0 saturated carbocycles. The van der Waals surface area contributed by atoms with E-state index in [2.05, 4.69) is 17.6 Å². The van der Waals surface area contributed by atoms with E-state index >= 15 is 0 Å². The molecule has 0 aliphatic carbocycles. The van der Waals surface area contributed by atoms with E-state index in [1.54, 1.807) is 13.8 Å². The zero-order chi connectivity index (χ0) is 11.9. The van der Waals surface area contributed by atoms with Gasteiger partial charge in [0.2, 0.25) is 5.91 Å². The van der Waals surface area contributed by atoms with Crippen molar-refractivity contribution in [1.82, 2.24) is 10.6 Å². The lowest BCUT2D eigenvalue weighted by Crippen LogP contribution is -2.43. The minimum absolute atomic E-state index is 0.0137. The largest absolute Gasteiger partial charge is 0.389 e. The molecule has 0 aromatic rings. The first-order valence-corrected chi connectivity index (χ1v) is 5.57. The molecule has 15 heavy (non-hydrogen) atoms. The molecule has 4 nitrogen and oxygen atoms in total. The van der Waals surface area contributed by atoms with Crippen molar-refractivity contribution in [2.45, 2.75) is 52.2 Å². The Morgan fingerprint density at radius 2 is 2.07 bits per heavy atom. The third kappa shape index (κ3) is 9.69. The SMILES string of the molecule is CCCC(C)NC(=O)CNCC(C)(C)O. The molecule has 1 atom stereocenters. The number of hydrogen-bond donors (Lipinski definition) is 3. The highest BCUT2D eigenvalue weighted by Gasteiger charge is 2.12. The van der Waals surface area contributed by atoms with Crippen molar-refractivity contribution in [3.63, 3.8) is 0 Å². The maximum atomic E-state index is 11.4. The highest BCUT2D eigenvalue weighted by molar-refractivity contribution is 5.78. The van der Waals surface area contributed by atoms with Gasteiger partial charge in [0.05, 0.1) is 12.1 Å². The van der Waals surface area contributed by atoms with E-state index in [1.165, 1.54) is 0 Å². The quantitative estimate of drug-likeness (QED) is 0.585. The molecular formula is C11H24N2O2. The predicted octanol–water partition coefficient (Wildman–Crippen LogP) is 0.652. The van der Waals surface area contributed by atoms with Crippen LogP contribution in [0.1, 0.15) is 40.5 Å². The van der Waals surface area contributed by atoms with Gasteiger partial charge in [0.25, 0.3) is 0 Å². The van der Waals surface area contributed by atoms with Crippen LogP contribution in [0.3, 0.4) is 0 Å². The fourth-order valence-corrected chi connectivity index (χ4v) is 1.31.